The molecule has 0 saturated carbocycles. The molecular weight excluding hydrogens is 264 g/mol. The number of aromatic nitrogens is 2. The third-order valence-corrected chi connectivity index (χ3v) is 4.12. The summed E-state index contributed by atoms with van der Waals surface area (Å²) >= 11 is 0. The van der Waals surface area contributed by atoms with Crippen LogP contribution in [0.3, 0.4) is 0 Å². The van der Waals surface area contributed by atoms with Crippen LogP contribution < -0.4 is 10.6 Å². The molecule has 0 saturated heterocycles. The van der Waals surface area contributed by atoms with Crippen molar-refractivity contribution in [3.63, 3.8) is 0 Å². The minimum Gasteiger partial charge on any atom is -0.381 e. The lowest BCUT2D eigenvalue weighted by molar-refractivity contribution is 0.102. The summed E-state index contributed by atoms with van der Waals surface area (Å²) in [4.78, 5) is 12.4. The highest BCUT2D eigenvalue weighted by Crippen LogP contribution is 2.32. The summed E-state index contributed by atoms with van der Waals surface area (Å²) < 4.78 is 1.70. The van der Waals surface area contributed by atoms with Gasteiger partial charge < -0.3 is 10.6 Å². The molecule has 5 heteroatoms. The molecule has 2 aromatic rings. The van der Waals surface area contributed by atoms with Gasteiger partial charge in [-0.3, -0.25) is 9.48 Å². The number of carbonyl (C=O) groups excluding carboxylic acids is 1. The smallest absolute Gasteiger partial charge is 0.259 e. The fraction of sp³-hybridized carbons (Fsp3) is 0.375. The van der Waals surface area contributed by atoms with Crippen LogP contribution in [0.1, 0.15) is 35.0 Å². The lowest BCUT2D eigenvalue weighted by Crippen LogP contribution is -2.24. The van der Waals surface area contributed by atoms with Gasteiger partial charge >= 0.3 is 0 Å². The van der Waals surface area contributed by atoms with Gasteiger partial charge in [-0.1, -0.05) is 12.1 Å². The average molecular weight is 284 g/mol. The van der Waals surface area contributed by atoms with E-state index in [1.807, 2.05) is 26.1 Å². The van der Waals surface area contributed by atoms with E-state index < -0.39 is 0 Å². The first-order valence-corrected chi connectivity index (χ1v) is 7.24. The molecule has 1 aromatic carbocycles. The molecule has 1 unspecified atom stereocenters. The highest BCUT2D eigenvalue weighted by Gasteiger charge is 2.19. The van der Waals surface area contributed by atoms with Crippen LogP contribution in [0.2, 0.25) is 0 Å². The molecule has 2 N–H and O–H groups in total. The van der Waals surface area contributed by atoms with E-state index in [9.17, 15) is 4.79 Å². The molecule has 3 rings (SSSR count). The Morgan fingerprint density at radius 3 is 3.00 bits per heavy atom. The minimum atomic E-state index is -0.117. The van der Waals surface area contributed by atoms with Gasteiger partial charge in [-0.05, 0) is 38.3 Å². The van der Waals surface area contributed by atoms with Crippen molar-refractivity contribution in [2.24, 2.45) is 7.05 Å². The lowest BCUT2D eigenvalue weighted by atomic mass is 9.98. The highest BCUT2D eigenvalue weighted by molar-refractivity contribution is 6.06. The Labute approximate surface area is 124 Å². The molecule has 1 aliphatic heterocycles. The molecule has 110 valence electrons. The molecule has 2 heterocycles. The van der Waals surface area contributed by atoms with Crippen LogP contribution in [0.25, 0.3) is 0 Å². The summed E-state index contributed by atoms with van der Waals surface area (Å²) in [6, 6.07) is 6.46. The predicted octanol–water partition coefficient (Wildman–Crippen LogP) is 2.73. The Hall–Kier alpha value is -2.30. The number of benzene rings is 1. The van der Waals surface area contributed by atoms with Crippen LogP contribution in [-0.2, 0) is 13.5 Å². The van der Waals surface area contributed by atoms with Crippen molar-refractivity contribution >= 4 is 17.3 Å². The zero-order valence-corrected chi connectivity index (χ0v) is 12.6. The fourth-order valence-electron chi connectivity index (χ4n) is 2.68. The number of aryl methyl sites for hydroxylation is 2. The van der Waals surface area contributed by atoms with Gasteiger partial charge in [0.2, 0.25) is 0 Å². The average Bonchev–Trinajstić information content (AvgIpc) is 2.80. The van der Waals surface area contributed by atoms with E-state index in [2.05, 4.69) is 28.7 Å². The Balaban J connectivity index is 1.89. The number of hydrogen-bond donors (Lipinski definition) is 2. The number of nitrogens with zero attached hydrogens (tertiary/aromatic N) is 2. The zero-order valence-electron chi connectivity index (χ0n) is 12.6. The molecule has 1 amide bonds. The number of amides is 1. The van der Waals surface area contributed by atoms with Crippen molar-refractivity contribution in [3.05, 3.63) is 41.2 Å². The Morgan fingerprint density at radius 1 is 1.48 bits per heavy atom. The van der Waals surface area contributed by atoms with Crippen LogP contribution >= 0.6 is 0 Å². The van der Waals surface area contributed by atoms with E-state index in [4.69, 9.17) is 0 Å². The minimum absolute atomic E-state index is 0.117. The second-order valence-corrected chi connectivity index (χ2v) is 5.65. The van der Waals surface area contributed by atoms with Gasteiger partial charge in [0, 0.05) is 18.8 Å². The lowest BCUT2D eigenvalue weighted by Gasteiger charge is -2.26. The highest BCUT2D eigenvalue weighted by atomic mass is 16.1. The van der Waals surface area contributed by atoms with Crippen molar-refractivity contribution in [3.8, 4) is 0 Å². The summed E-state index contributed by atoms with van der Waals surface area (Å²) in [7, 11) is 1.83. The summed E-state index contributed by atoms with van der Waals surface area (Å²) in [6.07, 6.45) is 3.77. The molecule has 1 aromatic heterocycles. The van der Waals surface area contributed by atoms with Crippen molar-refractivity contribution in [2.75, 3.05) is 10.6 Å². The van der Waals surface area contributed by atoms with E-state index in [1.54, 1.807) is 10.9 Å². The maximum atomic E-state index is 12.4. The van der Waals surface area contributed by atoms with E-state index >= 15 is 0 Å². The molecule has 0 bridgehead atoms. The zero-order chi connectivity index (χ0) is 15.0. The normalized spacial score (nSPS) is 17.0. The Kier molecular flexibility index (Phi) is 3.41. The molecule has 0 spiro atoms. The molecule has 21 heavy (non-hydrogen) atoms. The quantitative estimate of drug-likeness (QED) is 0.891. The number of para-hydroxylation sites is 1. The number of hydrogen-bond acceptors (Lipinski definition) is 3. The van der Waals surface area contributed by atoms with Crippen LogP contribution in [0.15, 0.2) is 24.4 Å². The van der Waals surface area contributed by atoms with Crippen LogP contribution in [0.5, 0.6) is 0 Å². The topological polar surface area (TPSA) is 59.0 Å². The number of anilines is 2. The maximum absolute atomic E-state index is 12.4. The van der Waals surface area contributed by atoms with Gasteiger partial charge in [-0.25, -0.2) is 0 Å². The summed E-state index contributed by atoms with van der Waals surface area (Å²) in [5, 5.41) is 10.6. The second kappa shape index (κ2) is 5.24. The van der Waals surface area contributed by atoms with E-state index in [-0.39, 0.29) is 5.91 Å². The number of rotatable bonds is 2. The fourth-order valence-corrected chi connectivity index (χ4v) is 2.68. The van der Waals surface area contributed by atoms with Crippen LogP contribution in [-0.4, -0.2) is 21.7 Å². The van der Waals surface area contributed by atoms with Crippen molar-refractivity contribution in [1.29, 1.82) is 0 Å². The third kappa shape index (κ3) is 2.51. The first-order valence-electron chi connectivity index (χ1n) is 7.24. The van der Waals surface area contributed by atoms with Gasteiger partial charge in [0.05, 0.1) is 23.1 Å². The first kappa shape index (κ1) is 13.7. The number of nitrogens with one attached hydrogen (secondary N) is 2. The molecule has 1 aliphatic rings. The van der Waals surface area contributed by atoms with Gasteiger partial charge in [-0.2, -0.15) is 5.10 Å². The van der Waals surface area contributed by atoms with Crippen LogP contribution in [0, 0.1) is 6.92 Å². The first-order chi connectivity index (χ1) is 10.1. The number of fused-ring (bicyclic) bond motifs is 1. The van der Waals surface area contributed by atoms with Crippen molar-refractivity contribution in [2.45, 2.75) is 32.7 Å². The Bertz CT molecular complexity index is 690. The standard InChI is InChI=1S/C16H20N4O/c1-10-7-8-12-5-4-6-14(15(12)18-10)19-16(21)13-9-17-20(3)11(13)2/h4-6,9-10,18H,7-8H2,1-3H3,(H,19,21). The van der Waals surface area contributed by atoms with E-state index in [0.717, 1.165) is 29.9 Å². The van der Waals surface area contributed by atoms with E-state index in [0.29, 0.717) is 11.6 Å². The summed E-state index contributed by atoms with van der Waals surface area (Å²) in [6.45, 7) is 4.05. The molecular formula is C16H20N4O. The molecule has 5 nitrogen and oxygen atoms in total. The molecule has 0 fully saturated rings. The maximum Gasteiger partial charge on any atom is 0.259 e. The second-order valence-electron chi connectivity index (χ2n) is 5.65. The molecule has 0 radical (unpaired) electrons. The third-order valence-electron chi connectivity index (χ3n) is 4.12. The monoisotopic (exact) mass is 284 g/mol. The summed E-state index contributed by atoms with van der Waals surface area (Å²) in [5.41, 5.74) is 4.62. The van der Waals surface area contributed by atoms with Gasteiger partial charge in [0.1, 0.15) is 0 Å². The van der Waals surface area contributed by atoms with Crippen molar-refractivity contribution in [1.82, 2.24) is 9.78 Å². The molecule has 0 aliphatic carbocycles. The predicted molar refractivity (Wildman–Crippen MR) is 83.7 cm³/mol. The Morgan fingerprint density at radius 2 is 2.29 bits per heavy atom. The van der Waals surface area contributed by atoms with Crippen molar-refractivity contribution < 1.29 is 4.79 Å². The van der Waals surface area contributed by atoms with Gasteiger partial charge in [0.15, 0.2) is 0 Å². The van der Waals surface area contributed by atoms with Crippen LogP contribution in [0.4, 0.5) is 11.4 Å². The number of carbonyl (C=O) groups is 1. The van der Waals surface area contributed by atoms with E-state index in [1.165, 1.54) is 5.56 Å². The largest absolute Gasteiger partial charge is 0.381 e. The molecule has 1 atom stereocenters. The SMILES string of the molecule is Cc1c(C(=O)Nc2cccc3c2NC(C)CC3)cnn1C. The van der Waals surface area contributed by atoms with Gasteiger partial charge in [0.25, 0.3) is 5.91 Å². The summed E-state index contributed by atoms with van der Waals surface area (Å²) in [5.74, 6) is -0.117. The van der Waals surface area contributed by atoms with Gasteiger partial charge in [-0.15, -0.1) is 0 Å².